The number of nitrogens with two attached hydrogens (primary N) is 1. The highest BCUT2D eigenvalue weighted by Gasteiger charge is 2.30. The predicted molar refractivity (Wildman–Crippen MR) is 89.7 cm³/mol. The Hall–Kier alpha value is -3.35. The van der Waals surface area contributed by atoms with E-state index in [1.54, 1.807) is 36.4 Å². The Kier molecular flexibility index (Phi) is 4.62. The SMILES string of the molecule is NC(=O)c1ncccc1-c1ccccc1Oc1ccc(C(F)(F)F)cc1. The highest BCUT2D eigenvalue weighted by atomic mass is 19.4. The van der Waals surface area contributed by atoms with Gasteiger partial charge in [-0.2, -0.15) is 13.2 Å². The third-order valence-corrected chi connectivity index (χ3v) is 3.63. The molecule has 0 bridgehead atoms. The first kappa shape index (κ1) is 17.5. The molecule has 0 spiro atoms. The number of rotatable bonds is 4. The van der Waals surface area contributed by atoms with Gasteiger partial charge in [0.25, 0.3) is 5.91 Å². The number of para-hydroxylation sites is 1. The van der Waals surface area contributed by atoms with Gasteiger partial charge in [0.2, 0.25) is 0 Å². The number of hydrogen-bond donors (Lipinski definition) is 1. The standard InChI is InChI=1S/C19H13F3N2O2/c20-19(21,22)12-7-9-13(10-8-12)26-16-6-2-1-4-14(16)15-5-3-11-24-17(15)18(23)25/h1-11H,(H2,23,25). The summed E-state index contributed by atoms with van der Waals surface area (Å²) >= 11 is 0. The molecule has 7 heteroatoms. The Morgan fingerprint density at radius 1 is 0.923 bits per heavy atom. The van der Waals surface area contributed by atoms with Crippen LogP contribution in [0.4, 0.5) is 13.2 Å². The van der Waals surface area contributed by atoms with Crippen LogP contribution in [0.2, 0.25) is 0 Å². The topological polar surface area (TPSA) is 65.2 Å². The normalized spacial score (nSPS) is 11.2. The van der Waals surface area contributed by atoms with E-state index in [-0.39, 0.29) is 11.4 Å². The number of ether oxygens (including phenoxy) is 1. The summed E-state index contributed by atoms with van der Waals surface area (Å²) in [6, 6.07) is 14.5. The van der Waals surface area contributed by atoms with Crippen LogP contribution in [0.5, 0.6) is 11.5 Å². The monoisotopic (exact) mass is 358 g/mol. The average Bonchev–Trinajstić information content (AvgIpc) is 2.62. The fourth-order valence-corrected chi connectivity index (χ4v) is 2.44. The van der Waals surface area contributed by atoms with Crippen molar-refractivity contribution in [2.75, 3.05) is 0 Å². The molecule has 0 unspecified atom stereocenters. The molecule has 3 rings (SSSR count). The molecule has 1 aromatic heterocycles. The second-order valence-electron chi connectivity index (χ2n) is 5.38. The Morgan fingerprint density at radius 3 is 2.23 bits per heavy atom. The third-order valence-electron chi connectivity index (χ3n) is 3.63. The molecule has 3 aromatic rings. The molecular formula is C19H13F3N2O2. The maximum atomic E-state index is 12.7. The van der Waals surface area contributed by atoms with E-state index in [0.29, 0.717) is 16.9 Å². The van der Waals surface area contributed by atoms with Gasteiger partial charge in [-0.25, -0.2) is 0 Å². The van der Waals surface area contributed by atoms with E-state index < -0.39 is 17.6 Å². The fraction of sp³-hybridized carbons (Fsp3) is 0.0526. The minimum absolute atomic E-state index is 0.0796. The van der Waals surface area contributed by atoms with Gasteiger partial charge in [-0.3, -0.25) is 9.78 Å². The van der Waals surface area contributed by atoms with Crippen molar-refractivity contribution < 1.29 is 22.7 Å². The summed E-state index contributed by atoms with van der Waals surface area (Å²) in [5.41, 5.74) is 5.70. The number of halogens is 3. The Balaban J connectivity index is 1.98. The maximum Gasteiger partial charge on any atom is 0.416 e. The van der Waals surface area contributed by atoms with Crippen molar-refractivity contribution in [2.45, 2.75) is 6.18 Å². The summed E-state index contributed by atoms with van der Waals surface area (Å²) in [5, 5.41) is 0. The van der Waals surface area contributed by atoms with E-state index in [0.717, 1.165) is 12.1 Å². The van der Waals surface area contributed by atoms with Crippen molar-refractivity contribution in [1.82, 2.24) is 4.98 Å². The molecule has 0 aliphatic rings. The van der Waals surface area contributed by atoms with Crippen LogP contribution >= 0.6 is 0 Å². The van der Waals surface area contributed by atoms with E-state index in [4.69, 9.17) is 10.5 Å². The number of nitrogens with zero attached hydrogens (tertiary/aromatic N) is 1. The molecule has 0 fully saturated rings. The van der Waals surface area contributed by atoms with Crippen LogP contribution in [0.15, 0.2) is 66.9 Å². The van der Waals surface area contributed by atoms with E-state index >= 15 is 0 Å². The number of carbonyl (C=O) groups is 1. The van der Waals surface area contributed by atoms with Gasteiger partial charge in [0.1, 0.15) is 17.2 Å². The third kappa shape index (κ3) is 3.66. The van der Waals surface area contributed by atoms with Gasteiger partial charge in [0.15, 0.2) is 0 Å². The van der Waals surface area contributed by atoms with Crippen LogP contribution in [-0.4, -0.2) is 10.9 Å². The number of benzene rings is 2. The van der Waals surface area contributed by atoms with Crippen LogP contribution in [0.1, 0.15) is 16.1 Å². The van der Waals surface area contributed by atoms with E-state index in [9.17, 15) is 18.0 Å². The molecule has 0 aliphatic heterocycles. The van der Waals surface area contributed by atoms with Gasteiger partial charge < -0.3 is 10.5 Å². The molecule has 1 amide bonds. The Morgan fingerprint density at radius 2 is 1.58 bits per heavy atom. The minimum atomic E-state index is -4.41. The minimum Gasteiger partial charge on any atom is -0.457 e. The molecule has 26 heavy (non-hydrogen) atoms. The fourth-order valence-electron chi connectivity index (χ4n) is 2.44. The van der Waals surface area contributed by atoms with Gasteiger partial charge in [-0.1, -0.05) is 24.3 Å². The molecule has 2 N–H and O–H groups in total. The summed E-state index contributed by atoms with van der Waals surface area (Å²) in [4.78, 5) is 15.6. The number of carbonyl (C=O) groups excluding carboxylic acids is 1. The number of primary amides is 1. The van der Waals surface area contributed by atoms with Crippen molar-refractivity contribution in [2.24, 2.45) is 5.73 Å². The molecule has 1 heterocycles. The second-order valence-corrected chi connectivity index (χ2v) is 5.38. The molecule has 0 radical (unpaired) electrons. The van der Waals surface area contributed by atoms with Gasteiger partial charge in [0, 0.05) is 17.3 Å². The average molecular weight is 358 g/mol. The number of hydrogen-bond acceptors (Lipinski definition) is 3. The zero-order valence-electron chi connectivity index (χ0n) is 13.3. The van der Waals surface area contributed by atoms with Crippen molar-refractivity contribution in [1.29, 1.82) is 0 Å². The molecule has 0 saturated carbocycles. The predicted octanol–water partition coefficient (Wildman–Crippen LogP) is 4.66. The van der Waals surface area contributed by atoms with Crippen molar-refractivity contribution in [3.63, 3.8) is 0 Å². The van der Waals surface area contributed by atoms with Gasteiger partial charge >= 0.3 is 6.18 Å². The summed E-state index contributed by atoms with van der Waals surface area (Å²) in [5.74, 6) is -0.0948. The molecule has 2 aromatic carbocycles. The van der Waals surface area contributed by atoms with E-state index in [1.807, 2.05) is 0 Å². The van der Waals surface area contributed by atoms with E-state index in [2.05, 4.69) is 4.98 Å². The van der Waals surface area contributed by atoms with Gasteiger partial charge in [-0.15, -0.1) is 0 Å². The first-order valence-electron chi connectivity index (χ1n) is 7.55. The lowest BCUT2D eigenvalue weighted by molar-refractivity contribution is -0.137. The molecule has 132 valence electrons. The largest absolute Gasteiger partial charge is 0.457 e. The molecule has 0 saturated heterocycles. The van der Waals surface area contributed by atoms with Crippen LogP contribution in [0.3, 0.4) is 0 Å². The Bertz CT molecular complexity index is 938. The first-order chi connectivity index (χ1) is 12.4. The van der Waals surface area contributed by atoms with Gasteiger partial charge in [-0.05, 0) is 36.4 Å². The molecular weight excluding hydrogens is 345 g/mol. The number of amides is 1. The molecule has 4 nitrogen and oxygen atoms in total. The van der Waals surface area contributed by atoms with E-state index in [1.165, 1.54) is 18.3 Å². The maximum absolute atomic E-state index is 12.7. The highest BCUT2D eigenvalue weighted by Crippen LogP contribution is 2.36. The lowest BCUT2D eigenvalue weighted by Crippen LogP contribution is -2.14. The summed E-state index contributed by atoms with van der Waals surface area (Å²) in [6.07, 6.45) is -2.97. The summed E-state index contributed by atoms with van der Waals surface area (Å²) in [6.45, 7) is 0. The molecule has 0 aliphatic carbocycles. The second kappa shape index (κ2) is 6.87. The van der Waals surface area contributed by atoms with Crippen molar-refractivity contribution in [3.05, 3.63) is 78.1 Å². The summed E-state index contributed by atoms with van der Waals surface area (Å²) < 4.78 is 43.7. The smallest absolute Gasteiger partial charge is 0.416 e. The quantitative estimate of drug-likeness (QED) is 0.738. The van der Waals surface area contributed by atoms with Crippen molar-refractivity contribution in [3.8, 4) is 22.6 Å². The van der Waals surface area contributed by atoms with Crippen molar-refractivity contribution >= 4 is 5.91 Å². The molecule has 0 atom stereocenters. The lowest BCUT2D eigenvalue weighted by atomic mass is 10.0. The number of pyridine rings is 1. The lowest BCUT2D eigenvalue weighted by Gasteiger charge is -2.13. The van der Waals surface area contributed by atoms with Gasteiger partial charge in [0.05, 0.1) is 5.56 Å². The Labute approximate surface area is 147 Å². The van der Waals surface area contributed by atoms with Crippen LogP contribution < -0.4 is 10.5 Å². The summed E-state index contributed by atoms with van der Waals surface area (Å²) in [7, 11) is 0. The highest BCUT2D eigenvalue weighted by molar-refractivity contribution is 5.98. The first-order valence-corrected chi connectivity index (χ1v) is 7.55. The number of aromatic nitrogens is 1. The van der Waals surface area contributed by atoms with Crippen LogP contribution in [0.25, 0.3) is 11.1 Å². The van der Waals surface area contributed by atoms with Crippen LogP contribution in [-0.2, 0) is 6.18 Å². The van der Waals surface area contributed by atoms with Crippen LogP contribution in [0, 0.1) is 0 Å². The zero-order chi connectivity index (χ0) is 18.7. The number of alkyl halides is 3. The zero-order valence-corrected chi connectivity index (χ0v) is 13.3.